The van der Waals surface area contributed by atoms with E-state index in [4.69, 9.17) is 11.6 Å². The molecule has 0 spiro atoms. The van der Waals surface area contributed by atoms with E-state index < -0.39 is 0 Å². The second-order valence-electron chi connectivity index (χ2n) is 2.82. The first-order chi connectivity index (χ1) is 6.70. The molecule has 0 radical (unpaired) electrons. The Kier molecular flexibility index (Phi) is 8.33. The second-order valence-corrected chi connectivity index (χ2v) is 3.20. The number of carbonyl (C=O) groups is 2. The highest BCUT2D eigenvalue weighted by molar-refractivity contribution is 6.17. The van der Waals surface area contributed by atoms with Gasteiger partial charge in [-0.2, -0.15) is 0 Å². The van der Waals surface area contributed by atoms with E-state index in [9.17, 15) is 9.59 Å². The van der Waals surface area contributed by atoms with Crippen molar-refractivity contribution < 1.29 is 14.3 Å². The number of hydrogen-bond donors (Lipinski definition) is 1. The maximum Gasteiger partial charge on any atom is 0.307 e. The Hall–Kier alpha value is -0.770. The molecule has 0 aliphatic rings. The van der Waals surface area contributed by atoms with Crippen molar-refractivity contribution in [3.63, 3.8) is 0 Å². The maximum atomic E-state index is 11.1. The van der Waals surface area contributed by atoms with Gasteiger partial charge >= 0.3 is 5.97 Å². The van der Waals surface area contributed by atoms with Crippen LogP contribution >= 0.6 is 11.6 Å². The maximum absolute atomic E-state index is 11.1. The minimum Gasteiger partial charge on any atom is -0.469 e. The summed E-state index contributed by atoms with van der Waals surface area (Å²) < 4.78 is 4.42. The number of unbranched alkanes of at least 4 members (excludes halogenated alkanes) is 1. The molecule has 0 aliphatic heterocycles. The molecule has 5 heteroatoms. The summed E-state index contributed by atoms with van der Waals surface area (Å²) in [5, 5.41) is 2.62. The summed E-state index contributed by atoms with van der Waals surface area (Å²) in [7, 11) is 1.32. The van der Waals surface area contributed by atoms with Crippen LogP contribution in [-0.4, -0.2) is 31.4 Å². The van der Waals surface area contributed by atoms with E-state index in [0.29, 0.717) is 18.8 Å². The Morgan fingerprint density at radius 1 is 1.29 bits per heavy atom. The summed E-state index contributed by atoms with van der Waals surface area (Å²) in [6, 6.07) is 0. The first-order valence-corrected chi connectivity index (χ1v) is 5.13. The van der Waals surface area contributed by atoms with Gasteiger partial charge in [0.1, 0.15) is 0 Å². The summed E-state index contributed by atoms with van der Waals surface area (Å²) in [5.74, 6) is 0.222. The van der Waals surface area contributed by atoms with Gasteiger partial charge < -0.3 is 10.1 Å². The van der Waals surface area contributed by atoms with E-state index in [1.807, 2.05) is 0 Å². The number of rotatable bonds is 7. The number of amides is 1. The second kappa shape index (κ2) is 8.81. The van der Waals surface area contributed by atoms with Crippen LogP contribution in [0.2, 0.25) is 0 Å². The zero-order valence-electron chi connectivity index (χ0n) is 8.35. The largest absolute Gasteiger partial charge is 0.469 e. The van der Waals surface area contributed by atoms with E-state index in [-0.39, 0.29) is 18.3 Å². The quantitative estimate of drug-likeness (QED) is 0.398. The molecular weight excluding hydrogens is 206 g/mol. The van der Waals surface area contributed by atoms with Crippen LogP contribution in [0.5, 0.6) is 0 Å². The average Bonchev–Trinajstić information content (AvgIpc) is 2.18. The molecule has 0 unspecified atom stereocenters. The molecule has 0 rings (SSSR count). The fraction of sp³-hybridized carbons (Fsp3) is 0.778. The van der Waals surface area contributed by atoms with Gasteiger partial charge in [0.15, 0.2) is 0 Å². The lowest BCUT2D eigenvalue weighted by Crippen LogP contribution is -2.25. The van der Waals surface area contributed by atoms with Crippen LogP contribution < -0.4 is 5.32 Å². The van der Waals surface area contributed by atoms with Gasteiger partial charge in [-0.25, -0.2) is 0 Å². The molecule has 1 N–H and O–H groups in total. The van der Waals surface area contributed by atoms with Crippen molar-refractivity contribution in [2.45, 2.75) is 25.7 Å². The molecule has 0 bridgehead atoms. The Balaban J connectivity index is 3.31. The van der Waals surface area contributed by atoms with E-state index in [0.717, 1.165) is 12.8 Å². The predicted molar refractivity (Wildman–Crippen MR) is 54.2 cm³/mol. The lowest BCUT2D eigenvalue weighted by Gasteiger charge is -2.03. The van der Waals surface area contributed by atoms with Crippen LogP contribution in [0.15, 0.2) is 0 Å². The summed E-state index contributed by atoms with van der Waals surface area (Å²) in [5.41, 5.74) is 0. The predicted octanol–water partition coefficient (Wildman–Crippen LogP) is 1.07. The van der Waals surface area contributed by atoms with Crippen molar-refractivity contribution in [2.24, 2.45) is 0 Å². The molecule has 1 amide bonds. The fourth-order valence-electron chi connectivity index (χ4n) is 0.874. The van der Waals surface area contributed by atoms with Gasteiger partial charge in [-0.3, -0.25) is 9.59 Å². The summed E-state index contributed by atoms with van der Waals surface area (Å²) in [4.78, 5) is 21.7. The highest BCUT2D eigenvalue weighted by Gasteiger charge is 2.03. The Morgan fingerprint density at radius 2 is 2.00 bits per heavy atom. The van der Waals surface area contributed by atoms with E-state index in [1.54, 1.807) is 0 Å². The molecule has 0 aromatic rings. The molecule has 0 heterocycles. The van der Waals surface area contributed by atoms with Crippen LogP contribution in [0.3, 0.4) is 0 Å². The van der Waals surface area contributed by atoms with Gasteiger partial charge in [-0.05, 0) is 12.8 Å². The molecule has 14 heavy (non-hydrogen) atoms. The summed E-state index contributed by atoms with van der Waals surface area (Å²) in [6.45, 7) is 0.340. The molecular formula is C9H16ClNO3. The standard InChI is InChI=1S/C9H16ClNO3/c1-14-9(13)5-7-11-8(12)4-2-3-6-10/h2-7H2,1H3,(H,11,12). The first kappa shape index (κ1) is 13.2. The van der Waals surface area contributed by atoms with Crippen LogP contribution in [0, 0.1) is 0 Å². The van der Waals surface area contributed by atoms with Crippen molar-refractivity contribution in [1.82, 2.24) is 5.32 Å². The summed E-state index contributed by atoms with van der Waals surface area (Å²) in [6.07, 6.45) is 2.31. The number of methoxy groups -OCH3 is 1. The van der Waals surface area contributed by atoms with Crippen molar-refractivity contribution in [2.75, 3.05) is 19.5 Å². The first-order valence-electron chi connectivity index (χ1n) is 4.60. The van der Waals surface area contributed by atoms with E-state index >= 15 is 0 Å². The third-order valence-corrected chi connectivity index (χ3v) is 1.93. The van der Waals surface area contributed by atoms with Crippen molar-refractivity contribution >= 4 is 23.5 Å². The third-order valence-electron chi connectivity index (χ3n) is 1.67. The lowest BCUT2D eigenvalue weighted by molar-refractivity contribution is -0.140. The lowest BCUT2D eigenvalue weighted by atomic mass is 10.2. The third kappa shape index (κ3) is 7.86. The van der Waals surface area contributed by atoms with E-state index in [1.165, 1.54) is 7.11 Å². The van der Waals surface area contributed by atoms with E-state index in [2.05, 4.69) is 10.1 Å². The zero-order valence-corrected chi connectivity index (χ0v) is 9.10. The van der Waals surface area contributed by atoms with Crippen molar-refractivity contribution in [1.29, 1.82) is 0 Å². The Labute approximate surface area is 88.9 Å². The molecule has 82 valence electrons. The number of carbonyl (C=O) groups excluding carboxylic acids is 2. The van der Waals surface area contributed by atoms with Crippen LogP contribution in [0.1, 0.15) is 25.7 Å². The monoisotopic (exact) mass is 221 g/mol. The van der Waals surface area contributed by atoms with Gasteiger partial charge in [-0.15, -0.1) is 11.6 Å². The molecule has 0 atom stereocenters. The Morgan fingerprint density at radius 3 is 2.57 bits per heavy atom. The van der Waals surface area contributed by atoms with Gasteiger partial charge in [0.25, 0.3) is 0 Å². The number of nitrogens with one attached hydrogen (secondary N) is 1. The number of halogens is 1. The average molecular weight is 222 g/mol. The van der Waals surface area contributed by atoms with Crippen LogP contribution in [0.25, 0.3) is 0 Å². The van der Waals surface area contributed by atoms with Gasteiger partial charge in [0.2, 0.25) is 5.91 Å². The fourth-order valence-corrected chi connectivity index (χ4v) is 1.06. The highest BCUT2D eigenvalue weighted by Crippen LogP contribution is 1.96. The molecule has 0 fully saturated rings. The molecule has 4 nitrogen and oxygen atoms in total. The zero-order chi connectivity index (χ0) is 10.8. The van der Waals surface area contributed by atoms with Gasteiger partial charge in [0.05, 0.1) is 13.5 Å². The normalized spacial score (nSPS) is 9.57. The minimum absolute atomic E-state index is 0.0426. The molecule has 0 aromatic heterocycles. The van der Waals surface area contributed by atoms with Crippen molar-refractivity contribution in [3.05, 3.63) is 0 Å². The molecule has 0 saturated carbocycles. The number of alkyl halides is 1. The van der Waals surface area contributed by atoms with Crippen molar-refractivity contribution in [3.8, 4) is 0 Å². The number of ether oxygens (including phenoxy) is 1. The molecule has 0 aliphatic carbocycles. The molecule has 0 aromatic carbocycles. The van der Waals surface area contributed by atoms with Gasteiger partial charge in [-0.1, -0.05) is 0 Å². The van der Waals surface area contributed by atoms with Gasteiger partial charge in [0, 0.05) is 18.8 Å². The van der Waals surface area contributed by atoms with Crippen LogP contribution in [0.4, 0.5) is 0 Å². The minimum atomic E-state index is -0.314. The van der Waals surface area contributed by atoms with Crippen LogP contribution in [-0.2, 0) is 14.3 Å². The topological polar surface area (TPSA) is 55.4 Å². The number of hydrogen-bond acceptors (Lipinski definition) is 3. The molecule has 0 saturated heterocycles. The highest BCUT2D eigenvalue weighted by atomic mass is 35.5. The SMILES string of the molecule is COC(=O)CCNC(=O)CCCCCl. The Bertz CT molecular complexity index is 185. The smallest absolute Gasteiger partial charge is 0.307 e. The number of esters is 1. The summed E-state index contributed by atoms with van der Waals surface area (Å²) >= 11 is 5.46.